The lowest BCUT2D eigenvalue weighted by Crippen LogP contribution is -2.19. The van der Waals surface area contributed by atoms with Gasteiger partial charge >= 0.3 is 0 Å². The molecule has 0 saturated carbocycles. The van der Waals surface area contributed by atoms with Crippen LogP contribution in [0.5, 0.6) is 5.75 Å². The van der Waals surface area contributed by atoms with Crippen LogP contribution in [-0.4, -0.2) is 13.2 Å². The summed E-state index contributed by atoms with van der Waals surface area (Å²) in [5.74, 6) is 1.23. The first-order valence-corrected chi connectivity index (χ1v) is 6.65. The Kier molecular flexibility index (Phi) is 4.58. The predicted octanol–water partition coefficient (Wildman–Crippen LogP) is 3.56. The molecule has 2 aromatic rings. The third kappa shape index (κ3) is 3.58. The molecule has 2 nitrogen and oxygen atoms in total. The molecule has 2 rings (SSSR count). The third-order valence-corrected chi connectivity index (χ3v) is 3.33. The first-order chi connectivity index (χ1) is 9.20. The summed E-state index contributed by atoms with van der Waals surface area (Å²) in [5.41, 5.74) is 8.59. The number of hydrogen-bond acceptors (Lipinski definition) is 2. The minimum Gasteiger partial charge on any atom is -0.497 e. The van der Waals surface area contributed by atoms with E-state index in [1.807, 2.05) is 18.2 Å². The molecule has 0 heterocycles. The number of rotatable bonds is 5. The van der Waals surface area contributed by atoms with Gasteiger partial charge in [0.1, 0.15) is 5.75 Å². The zero-order valence-corrected chi connectivity index (χ0v) is 11.5. The molecular weight excluding hydrogens is 234 g/mol. The molecule has 2 heteroatoms. The lowest BCUT2D eigenvalue weighted by Gasteiger charge is -2.20. The largest absolute Gasteiger partial charge is 0.497 e. The highest BCUT2D eigenvalue weighted by molar-refractivity contribution is 5.36. The van der Waals surface area contributed by atoms with Crippen molar-refractivity contribution < 1.29 is 4.74 Å². The van der Waals surface area contributed by atoms with Gasteiger partial charge in [-0.3, -0.25) is 0 Å². The quantitative estimate of drug-likeness (QED) is 0.886. The zero-order valence-electron chi connectivity index (χ0n) is 11.5. The van der Waals surface area contributed by atoms with Crippen LogP contribution in [0.1, 0.15) is 30.4 Å². The Morgan fingerprint density at radius 3 is 2.05 bits per heavy atom. The summed E-state index contributed by atoms with van der Waals surface area (Å²) in [6.45, 7) is 2.06. The summed E-state index contributed by atoms with van der Waals surface area (Å²) < 4.78 is 5.21. The first-order valence-electron chi connectivity index (χ1n) is 6.65. The highest BCUT2D eigenvalue weighted by Gasteiger charge is 2.15. The van der Waals surface area contributed by atoms with E-state index in [1.54, 1.807) is 7.11 Å². The fourth-order valence-electron chi connectivity index (χ4n) is 2.36. The average Bonchev–Trinajstić information content (AvgIpc) is 2.46. The SMILES string of the molecule is COc1ccc(C(CC(C)N)c2ccccc2)cc1. The summed E-state index contributed by atoms with van der Waals surface area (Å²) >= 11 is 0. The fourth-order valence-corrected chi connectivity index (χ4v) is 2.36. The van der Waals surface area contributed by atoms with Crippen LogP contribution < -0.4 is 10.5 Å². The molecule has 2 atom stereocenters. The van der Waals surface area contributed by atoms with Crippen LogP contribution in [0.4, 0.5) is 0 Å². The molecule has 0 aliphatic carbocycles. The normalized spacial score (nSPS) is 13.8. The molecule has 0 aliphatic rings. The molecule has 0 aromatic heterocycles. The summed E-state index contributed by atoms with van der Waals surface area (Å²) in [4.78, 5) is 0. The second-order valence-corrected chi connectivity index (χ2v) is 4.95. The Labute approximate surface area is 115 Å². The molecule has 19 heavy (non-hydrogen) atoms. The molecule has 2 unspecified atom stereocenters. The van der Waals surface area contributed by atoms with Gasteiger partial charge < -0.3 is 10.5 Å². The van der Waals surface area contributed by atoms with E-state index in [1.165, 1.54) is 11.1 Å². The molecule has 100 valence electrons. The molecular formula is C17H21NO. The summed E-state index contributed by atoms with van der Waals surface area (Å²) in [5, 5.41) is 0. The Bertz CT molecular complexity index is 490. The number of benzene rings is 2. The highest BCUT2D eigenvalue weighted by atomic mass is 16.5. The standard InChI is InChI=1S/C17H21NO/c1-13(18)12-17(14-6-4-3-5-7-14)15-8-10-16(19-2)11-9-15/h3-11,13,17H,12,18H2,1-2H3. The minimum atomic E-state index is 0.173. The molecule has 0 amide bonds. The Hall–Kier alpha value is -1.80. The number of hydrogen-bond donors (Lipinski definition) is 1. The van der Waals surface area contributed by atoms with Crippen molar-refractivity contribution in [1.82, 2.24) is 0 Å². The van der Waals surface area contributed by atoms with E-state index in [4.69, 9.17) is 10.5 Å². The van der Waals surface area contributed by atoms with Gasteiger partial charge in [0.25, 0.3) is 0 Å². The second-order valence-electron chi connectivity index (χ2n) is 4.95. The van der Waals surface area contributed by atoms with Gasteiger partial charge in [-0.25, -0.2) is 0 Å². The number of methoxy groups -OCH3 is 1. The monoisotopic (exact) mass is 255 g/mol. The van der Waals surface area contributed by atoms with Crippen LogP contribution in [0, 0.1) is 0 Å². The van der Waals surface area contributed by atoms with E-state index in [9.17, 15) is 0 Å². The van der Waals surface area contributed by atoms with Crippen molar-refractivity contribution in [1.29, 1.82) is 0 Å². The lowest BCUT2D eigenvalue weighted by atomic mass is 9.86. The van der Waals surface area contributed by atoms with Crippen LogP contribution in [0.25, 0.3) is 0 Å². The topological polar surface area (TPSA) is 35.2 Å². The lowest BCUT2D eigenvalue weighted by molar-refractivity contribution is 0.414. The van der Waals surface area contributed by atoms with Gasteiger partial charge in [0.15, 0.2) is 0 Å². The number of nitrogens with two attached hydrogens (primary N) is 1. The Balaban J connectivity index is 2.31. The van der Waals surface area contributed by atoms with Crippen LogP contribution in [0.15, 0.2) is 54.6 Å². The van der Waals surface area contributed by atoms with Gasteiger partial charge in [-0.2, -0.15) is 0 Å². The molecule has 0 saturated heterocycles. The van der Waals surface area contributed by atoms with Gasteiger partial charge in [-0.15, -0.1) is 0 Å². The minimum absolute atomic E-state index is 0.173. The summed E-state index contributed by atoms with van der Waals surface area (Å²) in [7, 11) is 1.69. The van der Waals surface area contributed by atoms with E-state index < -0.39 is 0 Å². The molecule has 0 fully saturated rings. The van der Waals surface area contributed by atoms with Crippen molar-refractivity contribution in [3.05, 3.63) is 65.7 Å². The van der Waals surface area contributed by atoms with E-state index in [2.05, 4.69) is 43.3 Å². The molecule has 2 N–H and O–H groups in total. The molecule has 2 aromatic carbocycles. The van der Waals surface area contributed by atoms with E-state index in [0.29, 0.717) is 5.92 Å². The van der Waals surface area contributed by atoms with Crippen molar-refractivity contribution in [2.75, 3.05) is 7.11 Å². The summed E-state index contributed by atoms with van der Waals surface area (Å²) in [6, 6.07) is 19.0. The molecule has 0 aliphatic heterocycles. The van der Waals surface area contributed by atoms with Crippen LogP contribution >= 0.6 is 0 Å². The van der Waals surface area contributed by atoms with Crippen LogP contribution in [0.3, 0.4) is 0 Å². The fraction of sp³-hybridized carbons (Fsp3) is 0.294. The molecule has 0 bridgehead atoms. The maximum absolute atomic E-state index is 6.00. The van der Waals surface area contributed by atoms with E-state index in [-0.39, 0.29) is 6.04 Å². The van der Waals surface area contributed by atoms with Gasteiger partial charge in [0.2, 0.25) is 0 Å². The smallest absolute Gasteiger partial charge is 0.118 e. The van der Waals surface area contributed by atoms with Crippen molar-refractivity contribution in [2.24, 2.45) is 5.73 Å². The van der Waals surface area contributed by atoms with Crippen LogP contribution in [0.2, 0.25) is 0 Å². The zero-order chi connectivity index (χ0) is 13.7. The summed E-state index contributed by atoms with van der Waals surface area (Å²) in [6.07, 6.45) is 0.941. The average molecular weight is 255 g/mol. The van der Waals surface area contributed by atoms with E-state index in [0.717, 1.165) is 12.2 Å². The maximum Gasteiger partial charge on any atom is 0.118 e. The third-order valence-electron chi connectivity index (χ3n) is 3.33. The van der Waals surface area contributed by atoms with E-state index >= 15 is 0 Å². The Morgan fingerprint density at radius 2 is 1.53 bits per heavy atom. The maximum atomic E-state index is 6.00. The van der Waals surface area contributed by atoms with Gasteiger partial charge in [-0.1, -0.05) is 42.5 Å². The van der Waals surface area contributed by atoms with Gasteiger partial charge in [0, 0.05) is 12.0 Å². The molecule has 0 spiro atoms. The first kappa shape index (κ1) is 13.6. The van der Waals surface area contributed by atoms with Crippen molar-refractivity contribution in [3.63, 3.8) is 0 Å². The van der Waals surface area contributed by atoms with Crippen molar-refractivity contribution >= 4 is 0 Å². The highest BCUT2D eigenvalue weighted by Crippen LogP contribution is 2.29. The molecule has 0 radical (unpaired) electrons. The Morgan fingerprint density at radius 1 is 0.947 bits per heavy atom. The number of ether oxygens (including phenoxy) is 1. The predicted molar refractivity (Wildman–Crippen MR) is 79.5 cm³/mol. The van der Waals surface area contributed by atoms with Gasteiger partial charge in [0.05, 0.1) is 7.11 Å². The van der Waals surface area contributed by atoms with Crippen molar-refractivity contribution in [3.8, 4) is 5.75 Å². The van der Waals surface area contributed by atoms with Gasteiger partial charge in [-0.05, 0) is 36.6 Å². The van der Waals surface area contributed by atoms with Crippen molar-refractivity contribution in [2.45, 2.75) is 25.3 Å². The van der Waals surface area contributed by atoms with Crippen LogP contribution in [-0.2, 0) is 0 Å². The second kappa shape index (κ2) is 6.39.